The van der Waals surface area contributed by atoms with Crippen LogP contribution in [0.25, 0.3) is 0 Å². The van der Waals surface area contributed by atoms with E-state index in [1.54, 1.807) is 6.21 Å². The van der Waals surface area contributed by atoms with Crippen LogP contribution in [-0.4, -0.2) is 17.1 Å². The molecule has 1 unspecified atom stereocenters. The summed E-state index contributed by atoms with van der Waals surface area (Å²) in [6, 6.07) is 0. The van der Waals surface area contributed by atoms with E-state index < -0.39 is 0 Å². The van der Waals surface area contributed by atoms with Gasteiger partial charge in [-0.15, -0.1) is 11.6 Å². The standard InChI is InChI=1S/C7H14ClN/c1-6(8)5-9-7(2,3)4/h5-6H,1-4H3/p+1. The van der Waals surface area contributed by atoms with Crippen LogP contribution >= 0.6 is 11.6 Å². The van der Waals surface area contributed by atoms with Crippen LogP contribution in [0.2, 0.25) is 0 Å². The Morgan fingerprint density at radius 2 is 2.00 bits per heavy atom. The predicted molar refractivity (Wildman–Crippen MR) is 44.7 cm³/mol. The molecule has 0 aliphatic carbocycles. The number of hydrogen-bond acceptors (Lipinski definition) is 1. The molecule has 0 saturated heterocycles. The molecule has 0 aliphatic rings. The van der Waals surface area contributed by atoms with Crippen molar-refractivity contribution in [1.29, 1.82) is 0 Å². The number of alkyl halides is 1. The summed E-state index contributed by atoms with van der Waals surface area (Å²) >= 11 is 5.63. The van der Waals surface area contributed by atoms with Crippen molar-refractivity contribution in [3.8, 4) is 0 Å². The van der Waals surface area contributed by atoms with Crippen LogP contribution in [0.4, 0.5) is 0 Å². The molecule has 0 fully saturated rings. The number of aliphatic imine (C=N–C) groups is 1. The van der Waals surface area contributed by atoms with Gasteiger partial charge in [-0.05, 0) is 27.7 Å². The first-order valence-electron chi connectivity index (χ1n) is 3.11. The lowest BCUT2D eigenvalue weighted by Gasteiger charge is -2.10. The van der Waals surface area contributed by atoms with Gasteiger partial charge in [0.15, 0.2) is 0 Å². The van der Waals surface area contributed by atoms with Crippen LogP contribution in [0.5, 0.6) is 0 Å². The van der Waals surface area contributed by atoms with E-state index in [1.807, 2.05) is 27.7 Å². The maximum atomic E-state index is 5.63. The summed E-state index contributed by atoms with van der Waals surface area (Å²) in [5.41, 5.74) is 0.0170. The zero-order chi connectivity index (χ0) is 7.49. The van der Waals surface area contributed by atoms with Crippen LogP contribution in [0, 0.1) is 0 Å². The molecule has 0 bridgehead atoms. The normalized spacial score (nSPS) is 16.6. The lowest BCUT2D eigenvalue weighted by Crippen LogP contribution is -2.11. The van der Waals surface area contributed by atoms with Crippen LogP contribution in [0.15, 0.2) is 4.99 Å². The molecule has 1 nitrogen and oxygen atoms in total. The average molecular weight is 149 g/mol. The van der Waals surface area contributed by atoms with Gasteiger partial charge in [-0.3, -0.25) is 4.99 Å². The van der Waals surface area contributed by atoms with Gasteiger partial charge in [0.2, 0.25) is 0 Å². The second-order valence-electron chi connectivity index (χ2n) is 3.13. The van der Waals surface area contributed by atoms with Crippen LogP contribution < -0.4 is 0 Å². The molecule has 0 rings (SSSR count). The number of hydrogen-bond donors (Lipinski definition) is 0. The van der Waals surface area contributed by atoms with Crippen molar-refractivity contribution < 1.29 is 1.43 Å². The second kappa shape index (κ2) is 3.21. The summed E-state index contributed by atoms with van der Waals surface area (Å²) in [7, 11) is 0. The summed E-state index contributed by atoms with van der Waals surface area (Å²) in [6.07, 6.45) is 1.77. The van der Waals surface area contributed by atoms with Gasteiger partial charge in [0.05, 0.1) is 10.9 Å². The lowest BCUT2D eigenvalue weighted by molar-refractivity contribution is 0.585. The second-order valence-corrected chi connectivity index (χ2v) is 3.81. The largest absolute Gasteiger partial charge is 1.00 e. The molecular weight excluding hydrogens is 134 g/mol. The highest BCUT2D eigenvalue weighted by Crippen LogP contribution is 2.05. The van der Waals surface area contributed by atoms with Crippen LogP contribution in [0.1, 0.15) is 29.1 Å². The highest BCUT2D eigenvalue weighted by molar-refractivity contribution is 6.27. The van der Waals surface area contributed by atoms with E-state index in [0.29, 0.717) is 0 Å². The summed E-state index contributed by atoms with van der Waals surface area (Å²) < 4.78 is 0. The SMILES string of the molecule is CC(Cl)C=NC(C)(C)C.[H+]. The van der Waals surface area contributed by atoms with Crippen LogP contribution in [-0.2, 0) is 0 Å². The highest BCUT2D eigenvalue weighted by atomic mass is 35.5. The van der Waals surface area contributed by atoms with Crippen molar-refractivity contribution in [3.05, 3.63) is 0 Å². The molecule has 54 valence electrons. The molecule has 0 aromatic rings. The third-order valence-electron chi connectivity index (χ3n) is 0.667. The first-order chi connectivity index (χ1) is 3.92. The van der Waals surface area contributed by atoms with E-state index >= 15 is 0 Å². The van der Waals surface area contributed by atoms with E-state index in [1.165, 1.54) is 0 Å². The van der Waals surface area contributed by atoms with Gasteiger partial charge in [-0.2, -0.15) is 0 Å². The van der Waals surface area contributed by atoms with Crippen LogP contribution in [0.3, 0.4) is 0 Å². The molecule has 0 heterocycles. The summed E-state index contributed by atoms with van der Waals surface area (Å²) in [5, 5.41) is 0.0456. The van der Waals surface area contributed by atoms with E-state index in [2.05, 4.69) is 4.99 Å². The number of halogens is 1. The molecule has 0 aromatic heterocycles. The third-order valence-corrected chi connectivity index (χ3v) is 0.780. The molecule has 0 radical (unpaired) electrons. The van der Waals surface area contributed by atoms with E-state index in [0.717, 1.165) is 0 Å². The average Bonchev–Trinajstić information content (AvgIpc) is 1.59. The minimum atomic E-state index is 0. The van der Waals surface area contributed by atoms with E-state index in [-0.39, 0.29) is 12.3 Å². The minimum Gasteiger partial charge on any atom is -0.290 e. The van der Waals surface area contributed by atoms with Crippen molar-refractivity contribution in [2.24, 2.45) is 4.99 Å². The Morgan fingerprint density at radius 3 is 2.11 bits per heavy atom. The fourth-order valence-corrected chi connectivity index (χ4v) is 0.383. The zero-order valence-electron chi connectivity index (χ0n) is 7.48. The number of nitrogens with zero attached hydrogens (tertiary/aromatic N) is 1. The Morgan fingerprint density at radius 1 is 1.56 bits per heavy atom. The summed E-state index contributed by atoms with van der Waals surface area (Å²) in [6.45, 7) is 8.03. The van der Waals surface area contributed by atoms with Gasteiger partial charge in [0.1, 0.15) is 0 Å². The zero-order valence-corrected chi connectivity index (χ0v) is 7.24. The fourth-order valence-electron chi connectivity index (χ4n) is 0.326. The van der Waals surface area contributed by atoms with Crippen molar-refractivity contribution in [2.75, 3.05) is 0 Å². The Kier molecular flexibility index (Phi) is 3.20. The summed E-state index contributed by atoms with van der Waals surface area (Å²) in [5.74, 6) is 0. The van der Waals surface area contributed by atoms with Crippen molar-refractivity contribution in [2.45, 2.75) is 38.6 Å². The van der Waals surface area contributed by atoms with Gasteiger partial charge in [0, 0.05) is 6.21 Å². The maximum Gasteiger partial charge on any atom is 1.00 e. The molecule has 0 saturated carbocycles. The Bertz CT molecular complexity index is 105. The Hall–Kier alpha value is -0.0400. The van der Waals surface area contributed by atoms with Gasteiger partial charge in [-0.25, -0.2) is 0 Å². The molecule has 0 amide bonds. The van der Waals surface area contributed by atoms with Gasteiger partial charge in [-0.1, -0.05) is 0 Å². The minimum absolute atomic E-state index is 0. The van der Waals surface area contributed by atoms with Gasteiger partial charge in [0.25, 0.3) is 0 Å². The predicted octanol–water partition coefficient (Wildman–Crippen LogP) is 2.60. The quantitative estimate of drug-likeness (QED) is 0.401. The molecule has 0 aliphatic heterocycles. The third kappa shape index (κ3) is 7.96. The summed E-state index contributed by atoms with van der Waals surface area (Å²) in [4.78, 5) is 4.20. The topological polar surface area (TPSA) is 12.4 Å². The van der Waals surface area contributed by atoms with Crippen molar-refractivity contribution in [1.82, 2.24) is 0 Å². The number of rotatable bonds is 1. The van der Waals surface area contributed by atoms with Gasteiger partial charge >= 0.3 is 1.43 Å². The molecule has 2 heteroatoms. The first kappa shape index (κ1) is 8.96. The molecule has 1 atom stereocenters. The van der Waals surface area contributed by atoms with Gasteiger partial charge < -0.3 is 0 Å². The Labute approximate surface area is 63.6 Å². The lowest BCUT2D eigenvalue weighted by atomic mass is 10.1. The molecule has 0 spiro atoms. The fraction of sp³-hybridized carbons (Fsp3) is 0.857. The Balaban J connectivity index is 0. The highest BCUT2D eigenvalue weighted by Gasteiger charge is 2.04. The van der Waals surface area contributed by atoms with E-state index in [4.69, 9.17) is 11.6 Å². The monoisotopic (exact) mass is 148 g/mol. The first-order valence-corrected chi connectivity index (χ1v) is 3.55. The van der Waals surface area contributed by atoms with Crippen molar-refractivity contribution in [3.63, 3.8) is 0 Å². The molecule has 9 heavy (non-hydrogen) atoms. The molecule has 0 aromatic carbocycles. The molecule has 0 N–H and O–H groups in total. The van der Waals surface area contributed by atoms with Crippen molar-refractivity contribution >= 4 is 17.8 Å². The maximum absolute atomic E-state index is 5.63. The molecular formula is C7H15ClN+. The smallest absolute Gasteiger partial charge is 0.290 e. The van der Waals surface area contributed by atoms with E-state index in [9.17, 15) is 0 Å².